The second-order valence-electron chi connectivity index (χ2n) is 6.71. The van der Waals surface area contributed by atoms with E-state index in [1.807, 2.05) is 20.8 Å². The SMILES string of the molecule is CC(C)(C)N(C(=O)O)C1CC(Sc2cccc(C(F)(F)F)c2)C1. The van der Waals surface area contributed by atoms with Gasteiger partial charge in [0.15, 0.2) is 0 Å². The van der Waals surface area contributed by atoms with E-state index < -0.39 is 23.4 Å². The summed E-state index contributed by atoms with van der Waals surface area (Å²) >= 11 is 1.38. The van der Waals surface area contributed by atoms with Crippen molar-refractivity contribution in [1.82, 2.24) is 4.90 Å². The van der Waals surface area contributed by atoms with E-state index in [2.05, 4.69) is 0 Å². The van der Waals surface area contributed by atoms with Gasteiger partial charge in [-0.05, 0) is 51.8 Å². The van der Waals surface area contributed by atoms with Gasteiger partial charge in [-0.15, -0.1) is 11.8 Å². The molecule has 1 aliphatic rings. The molecule has 1 saturated carbocycles. The number of carboxylic acid groups (broad SMARTS) is 1. The molecule has 1 aromatic carbocycles. The summed E-state index contributed by atoms with van der Waals surface area (Å²) in [5.41, 5.74) is -1.14. The van der Waals surface area contributed by atoms with E-state index in [1.54, 1.807) is 6.07 Å². The van der Waals surface area contributed by atoms with Gasteiger partial charge in [-0.1, -0.05) is 6.07 Å². The monoisotopic (exact) mass is 347 g/mol. The Morgan fingerprint density at radius 2 is 1.87 bits per heavy atom. The molecule has 2 rings (SSSR count). The van der Waals surface area contributed by atoms with E-state index in [4.69, 9.17) is 0 Å². The number of thioether (sulfide) groups is 1. The van der Waals surface area contributed by atoms with Crippen molar-refractivity contribution in [2.24, 2.45) is 0 Å². The zero-order valence-electron chi connectivity index (χ0n) is 13.2. The van der Waals surface area contributed by atoms with Gasteiger partial charge in [0.05, 0.1) is 5.56 Å². The standard InChI is InChI=1S/C16H20F3NO2S/c1-15(2,3)20(14(21)22)11-8-13(9-11)23-12-6-4-5-10(7-12)16(17,18)19/h4-7,11,13H,8-9H2,1-3H3,(H,21,22). The lowest BCUT2D eigenvalue weighted by molar-refractivity contribution is -0.137. The van der Waals surface area contributed by atoms with Crippen molar-refractivity contribution in [3.63, 3.8) is 0 Å². The average molecular weight is 347 g/mol. The van der Waals surface area contributed by atoms with Crippen LogP contribution in [0.2, 0.25) is 0 Å². The molecule has 1 fully saturated rings. The van der Waals surface area contributed by atoms with Crippen LogP contribution in [-0.2, 0) is 6.18 Å². The van der Waals surface area contributed by atoms with Crippen LogP contribution in [0.4, 0.5) is 18.0 Å². The van der Waals surface area contributed by atoms with Crippen molar-refractivity contribution < 1.29 is 23.1 Å². The molecule has 0 saturated heterocycles. The van der Waals surface area contributed by atoms with Gasteiger partial charge in [-0.2, -0.15) is 13.2 Å². The molecule has 0 unspecified atom stereocenters. The molecule has 0 heterocycles. The van der Waals surface area contributed by atoms with Crippen LogP contribution in [0.1, 0.15) is 39.2 Å². The molecule has 1 aromatic rings. The Morgan fingerprint density at radius 3 is 2.35 bits per heavy atom. The van der Waals surface area contributed by atoms with Crippen molar-refractivity contribution in [2.75, 3.05) is 0 Å². The summed E-state index contributed by atoms with van der Waals surface area (Å²) in [7, 11) is 0. The van der Waals surface area contributed by atoms with Crippen LogP contribution in [0.5, 0.6) is 0 Å². The predicted octanol–water partition coefficient (Wildman–Crippen LogP) is 5.11. The van der Waals surface area contributed by atoms with Gasteiger partial charge >= 0.3 is 12.3 Å². The Bertz CT molecular complexity index is 577. The number of benzene rings is 1. The second kappa shape index (κ2) is 6.26. The van der Waals surface area contributed by atoms with E-state index in [0.29, 0.717) is 17.7 Å². The fourth-order valence-corrected chi connectivity index (χ4v) is 4.15. The zero-order chi connectivity index (χ0) is 17.4. The molecule has 0 spiro atoms. The van der Waals surface area contributed by atoms with Crippen molar-refractivity contribution >= 4 is 17.9 Å². The minimum atomic E-state index is -4.34. The minimum absolute atomic E-state index is 0.0733. The quantitative estimate of drug-likeness (QED) is 0.826. The van der Waals surface area contributed by atoms with Crippen LogP contribution >= 0.6 is 11.8 Å². The lowest BCUT2D eigenvalue weighted by Gasteiger charge is -2.47. The molecule has 0 atom stereocenters. The van der Waals surface area contributed by atoms with E-state index in [0.717, 1.165) is 12.1 Å². The van der Waals surface area contributed by atoms with Crippen LogP contribution in [-0.4, -0.2) is 32.9 Å². The van der Waals surface area contributed by atoms with Gasteiger partial charge in [0.25, 0.3) is 0 Å². The maximum absolute atomic E-state index is 12.7. The molecule has 0 aliphatic heterocycles. The molecule has 1 aliphatic carbocycles. The van der Waals surface area contributed by atoms with Gasteiger partial charge in [0.2, 0.25) is 0 Å². The number of alkyl halides is 3. The summed E-state index contributed by atoms with van der Waals surface area (Å²) in [6.45, 7) is 5.52. The first-order valence-electron chi connectivity index (χ1n) is 7.34. The maximum atomic E-state index is 12.7. The lowest BCUT2D eigenvalue weighted by Crippen LogP contribution is -2.56. The van der Waals surface area contributed by atoms with Gasteiger partial charge < -0.3 is 10.0 Å². The molecule has 0 aromatic heterocycles. The molecule has 3 nitrogen and oxygen atoms in total. The minimum Gasteiger partial charge on any atom is -0.465 e. The summed E-state index contributed by atoms with van der Waals surface area (Å²) in [6, 6.07) is 5.19. The van der Waals surface area contributed by atoms with Crippen molar-refractivity contribution in [2.45, 2.75) is 61.5 Å². The molecule has 0 bridgehead atoms. The molecule has 0 radical (unpaired) electrons. The summed E-state index contributed by atoms with van der Waals surface area (Å²) in [6.07, 6.45) is -3.98. The van der Waals surface area contributed by atoms with Gasteiger partial charge in [-0.25, -0.2) is 4.79 Å². The van der Waals surface area contributed by atoms with Crippen LogP contribution in [0.25, 0.3) is 0 Å². The molecule has 1 amide bonds. The molecule has 23 heavy (non-hydrogen) atoms. The van der Waals surface area contributed by atoms with E-state index >= 15 is 0 Å². The first-order chi connectivity index (χ1) is 10.5. The Kier molecular flexibility index (Phi) is 4.89. The highest BCUT2D eigenvalue weighted by molar-refractivity contribution is 8.00. The number of halogens is 3. The highest BCUT2D eigenvalue weighted by Gasteiger charge is 2.41. The molecule has 128 valence electrons. The number of hydrogen-bond donors (Lipinski definition) is 1. The highest BCUT2D eigenvalue weighted by Crippen LogP contribution is 2.42. The zero-order valence-corrected chi connectivity index (χ0v) is 14.0. The molecular weight excluding hydrogens is 327 g/mol. The van der Waals surface area contributed by atoms with Crippen molar-refractivity contribution in [1.29, 1.82) is 0 Å². The topological polar surface area (TPSA) is 40.5 Å². The second-order valence-corrected chi connectivity index (χ2v) is 8.09. The third-order valence-electron chi connectivity index (χ3n) is 3.83. The fraction of sp³-hybridized carbons (Fsp3) is 0.562. The summed E-state index contributed by atoms with van der Waals surface area (Å²) in [5.74, 6) is 0. The highest BCUT2D eigenvalue weighted by atomic mass is 32.2. The molecule has 1 N–H and O–H groups in total. The number of nitrogens with zero attached hydrogens (tertiary/aromatic N) is 1. The maximum Gasteiger partial charge on any atom is 0.416 e. The molecular formula is C16H20F3NO2S. The predicted molar refractivity (Wildman–Crippen MR) is 83.7 cm³/mol. The van der Waals surface area contributed by atoms with Gasteiger partial charge in [0.1, 0.15) is 0 Å². The van der Waals surface area contributed by atoms with Gasteiger partial charge in [-0.3, -0.25) is 0 Å². The van der Waals surface area contributed by atoms with Crippen molar-refractivity contribution in [3.8, 4) is 0 Å². The number of amides is 1. The molecule has 7 heteroatoms. The summed E-state index contributed by atoms with van der Waals surface area (Å²) in [4.78, 5) is 13.4. The van der Waals surface area contributed by atoms with Crippen molar-refractivity contribution in [3.05, 3.63) is 29.8 Å². The summed E-state index contributed by atoms with van der Waals surface area (Å²) < 4.78 is 38.1. The summed E-state index contributed by atoms with van der Waals surface area (Å²) in [5, 5.41) is 9.49. The number of rotatable bonds is 3. The smallest absolute Gasteiger partial charge is 0.416 e. The first-order valence-corrected chi connectivity index (χ1v) is 8.22. The van der Waals surface area contributed by atoms with Crippen LogP contribution in [0, 0.1) is 0 Å². The number of hydrogen-bond acceptors (Lipinski definition) is 2. The van der Waals surface area contributed by atoms with Gasteiger partial charge in [0, 0.05) is 21.7 Å². The third kappa shape index (κ3) is 4.34. The Balaban J connectivity index is 1.97. The lowest BCUT2D eigenvalue weighted by atomic mass is 9.87. The Morgan fingerprint density at radius 1 is 1.26 bits per heavy atom. The Hall–Kier alpha value is -1.37. The number of carbonyl (C=O) groups is 1. The van der Waals surface area contributed by atoms with Crippen LogP contribution in [0.3, 0.4) is 0 Å². The van der Waals surface area contributed by atoms with Crippen LogP contribution in [0.15, 0.2) is 29.2 Å². The van der Waals surface area contributed by atoms with E-state index in [9.17, 15) is 23.1 Å². The largest absolute Gasteiger partial charge is 0.465 e. The van der Waals surface area contributed by atoms with Crippen LogP contribution < -0.4 is 0 Å². The normalized spacial score (nSPS) is 21.7. The third-order valence-corrected chi connectivity index (χ3v) is 5.07. The van der Waals surface area contributed by atoms with E-state index in [-0.39, 0.29) is 11.3 Å². The average Bonchev–Trinajstić information content (AvgIpc) is 2.33. The van der Waals surface area contributed by atoms with E-state index in [1.165, 1.54) is 22.7 Å². The fourth-order valence-electron chi connectivity index (χ4n) is 2.77. The first kappa shape index (κ1) is 18.0. The Labute approximate surface area is 137 Å².